The molecule has 0 aliphatic heterocycles. The maximum Gasteiger partial charge on any atom is 0.417 e. The summed E-state index contributed by atoms with van der Waals surface area (Å²) in [4.78, 5) is 17.7. The Morgan fingerprint density at radius 2 is 1.90 bits per heavy atom. The molecule has 170 valence electrons. The zero-order chi connectivity index (χ0) is 23.6. The first-order valence-corrected chi connectivity index (χ1v) is 10.2. The number of anilines is 2. The van der Waals surface area contributed by atoms with E-state index in [1.165, 1.54) is 25.4 Å². The third-order valence-corrected chi connectivity index (χ3v) is 5.08. The average Bonchev–Trinajstić information content (AvgIpc) is 2.64. The molecule has 3 N–H and O–H groups in total. The Labute approximate surface area is 182 Å². The van der Waals surface area contributed by atoms with Gasteiger partial charge in [-0.1, -0.05) is 11.6 Å². The van der Waals surface area contributed by atoms with Crippen molar-refractivity contribution in [1.82, 2.24) is 4.98 Å². The van der Waals surface area contributed by atoms with Crippen molar-refractivity contribution >= 4 is 39.9 Å². The molecule has 0 spiro atoms. The summed E-state index contributed by atoms with van der Waals surface area (Å²) in [7, 11) is -0.640. The van der Waals surface area contributed by atoms with Gasteiger partial charge in [0.05, 0.1) is 16.1 Å². The number of carbonyl (C=O) groups excluding carboxylic acids is 1. The number of carbonyl (C=O) groups is 1. The van der Waals surface area contributed by atoms with Crippen LogP contribution in [0.25, 0.3) is 0 Å². The first-order valence-electron chi connectivity index (χ1n) is 8.62. The number of nitrogens with zero attached hydrogens (tertiary/aromatic N) is 2. The predicted octanol–water partition coefficient (Wildman–Crippen LogP) is 4.47. The van der Waals surface area contributed by atoms with Crippen molar-refractivity contribution in [3.8, 4) is 0 Å². The fourth-order valence-electron chi connectivity index (χ4n) is 2.56. The molecule has 2 rings (SSSR count). The number of hydrogen-bond acceptors (Lipinski definition) is 4. The van der Waals surface area contributed by atoms with Gasteiger partial charge in [0.2, 0.25) is 5.92 Å². The van der Waals surface area contributed by atoms with E-state index in [2.05, 4.69) is 10.3 Å². The van der Waals surface area contributed by atoms with Crippen molar-refractivity contribution < 1.29 is 31.0 Å². The SMILES string of the molecule is CN(CCC(C)(F)F)c1cc(C(F)(F)F)c(Cl)cc1C(=O)Nc1ccnc(S(N)=O)c1. The van der Waals surface area contributed by atoms with Gasteiger partial charge in [-0.25, -0.2) is 23.1 Å². The molecule has 1 aromatic heterocycles. The second-order valence-electron chi connectivity index (χ2n) is 6.72. The van der Waals surface area contributed by atoms with E-state index in [1.807, 2.05) is 0 Å². The van der Waals surface area contributed by atoms with Crippen molar-refractivity contribution in [1.29, 1.82) is 0 Å². The molecule has 0 aliphatic carbocycles. The lowest BCUT2D eigenvalue weighted by atomic mass is 10.1. The van der Waals surface area contributed by atoms with Crippen LogP contribution >= 0.6 is 11.6 Å². The molecule has 0 radical (unpaired) electrons. The number of aromatic nitrogens is 1. The van der Waals surface area contributed by atoms with E-state index < -0.39 is 46.0 Å². The number of pyridine rings is 1. The Balaban J connectivity index is 2.46. The molecule has 0 aliphatic rings. The maximum atomic E-state index is 13.3. The molecule has 13 heteroatoms. The highest BCUT2D eigenvalue weighted by atomic mass is 35.5. The Bertz CT molecular complexity index is 998. The first-order chi connectivity index (χ1) is 14.2. The molecule has 6 nitrogen and oxygen atoms in total. The largest absolute Gasteiger partial charge is 0.417 e. The number of nitrogens with one attached hydrogen (secondary N) is 1. The number of hydrogen-bond donors (Lipinski definition) is 2. The van der Waals surface area contributed by atoms with Crippen LogP contribution in [0.1, 0.15) is 29.3 Å². The highest BCUT2D eigenvalue weighted by molar-refractivity contribution is 7.82. The number of halogens is 6. The molecule has 0 saturated heterocycles. The standard InChI is InChI=1S/C18H18ClF5N4O2S/c1-17(20,21)4-6-28(2)14-9-12(18(22,23)24)13(19)8-11(14)16(29)27-10-3-5-26-15(7-10)31(25)30/h3,5,7-9H,4,6,25H2,1-2H3,(H,26,27,29). The fraction of sp³-hybridized carbons (Fsp3) is 0.333. The number of alkyl halides is 5. The van der Waals surface area contributed by atoms with Crippen LogP contribution in [0.4, 0.5) is 33.3 Å². The Hall–Kier alpha value is -2.31. The summed E-state index contributed by atoms with van der Waals surface area (Å²) in [6, 6.07) is 4.03. The minimum Gasteiger partial charge on any atom is -0.374 e. The van der Waals surface area contributed by atoms with Crippen LogP contribution in [0.3, 0.4) is 0 Å². The second-order valence-corrected chi connectivity index (χ2v) is 8.14. The highest BCUT2D eigenvalue weighted by Gasteiger charge is 2.35. The van der Waals surface area contributed by atoms with Crippen molar-refractivity contribution in [2.24, 2.45) is 5.14 Å². The smallest absolute Gasteiger partial charge is 0.374 e. The van der Waals surface area contributed by atoms with Gasteiger partial charge in [0.1, 0.15) is 16.0 Å². The van der Waals surface area contributed by atoms with Crippen LogP contribution in [0.2, 0.25) is 5.02 Å². The molecular weight excluding hydrogens is 467 g/mol. The van der Waals surface area contributed by atoms with Gasteiger partial charge in [-0.2, -0.15) is 13.2 Å². The van der Waals surface area contributed by atoms with Crippen LogP contribution in [0, 0.1) is 0 Å². The van der Waals surface area contributed by atoms with E-state index in [0.717, 1.165) is 11.0 Å². The van der Waals surface area contributed by atoms with Gasteiger partial charge < -0.3 is 10.2 Å². The van der Waals surface area contributed by atoms with E-state index in [4.69, 9.17) is 16.7 Å². The van der Waals surface area contributed by atoms with E-state index in [0.29, 0.717) is 13.0 Å². The molecule has 2 aromatic rings. The van der Waals surface area contributed by atoms with Gasteiger partial charge in [0.25, 0.3) is 5.91 Å². The summed E-state index contributed by atoms with van der Waals surface area (Å²) >= 11 is 5.75. The lowest BCUT2D eigenvalue weighted by molar-refractivity contribution is -0.137. The Kier molecular flexibility index (Phi) is 7.61. The number of nitrogens with two attached hydrogens (primary N) is 1. The molecule has 0 fully saturated rings. The Morgan fingerprint density at radius 1 is 1.26 bits per heavy atom. The number of benzene rings is 1. The van der Waals surface area contributed by atoms with Gasteiger partial charge in [-0.15, -0.1) is 0 Å². The molecule has 1 unspecified atom stereocenters. The number of amides is 1. The van der Waals surface area contributed by atoms with Gasteiger partial charge in [-0.05, 0) is 31.2 Å². The summed E-state index contributed by atoms with van der Waals surface area (Å²) in [6.07, 6.45) is -4.24. The summed E-state index contributed by atoms with van der Waals surface area (Å²) < 4.78 is 77.7. The summed E-state index contributed by atoms with van der Waals surface area (Å²) in [5.74, 6) is -3.91. The summed E-state index contributed by atoms with van der Waals surface area (Å²) in [5, 5.41) is 6.90. The normalized spacial score (nSPS) is 13.1. The molecule has 0 saturated carbocycles. The van der Waals surface area contributed by atoms with Crippen molar-refractivity contribution in [3.63, 3.8) is 0 Å². The minimum absolute atomic E-state index is 0.0363. The third kappa shape index (κ3) is 6.84. The van der Waals surface area contributed by atoms with E-state index >= 15 is 0 Å². The Morgan fingerprint density at radius 3 is 2.45 bits per heavy atom. The van der Waals surface area contributed by atoms with E-state index in [-0.39, 0.29) is 28.5 Å². The van der Waals surface area contributed by atoms with Crippen LogP contribution < -0.4 is 15.4 Å². The van der Waals surface area contributed by atoms with Crippen molar-refractivity contribution in [2.75, 3.05) is 23.8 Å². The quantitative estimate of drug-likeness (QED) is 0.568. The maximum absolute atomic E-state index is 13.3. The van der Waals surface area contributed by atoms with Crippen LogP contribution in [0.15, 0.2) is 35.5 Å². The van der Waals surface area contributed by atoms with Gasteiger partial charge >= 0.3 is 6.18 Å². The topological polar surface area (TPSA) is 88.3 Å². The third-order valence-electron chi connectivity index (χ3n) is 4.13. The molecular formula is C18H18ClF5N4O2S. The minimum atomic E-state index is -4.82. The first kappa shape index (κ1) is 25.0. The van der Waals surface area contributed by atoms with Crippen LogP contribution in [-0.4, -0.2) is 34.6 Å². The van der Waals surface area contributed by atoms with Crippen molar-refractivity contribution in [2.45, 2.75) is 30.5 Å². The van der Waals surface area contributed by atoms with Gasteiger partial charge in [-0.3, -0.25) is 4.79 Å². The molecule has 1 atom stereocenters. The van der Waals surface area contributed by atoms with Crippen LogP contribution in [-0.2, 0) is 17.2 Å². The molecule has 0 bridgehead atoms. The van der Waals surface area contributed by atoms with Crippen LogP contribution in [0.5, 0.6) is 0 Å². The number of rotatable bonds is 7. The fourth-order valence-corrected chi connectivity index (χ4v) is 3.24. The molecule has 1 aromatic carbocycles. The van der Waals surface area contributed by atoms with Gasteiger partial charge in [0.15, 0.2) is 0 Å². The summed E-state index contributed by atoms with van der Waals surface area (Å²) in [6.45, 7) is 0.355. The molecule has 31 heavy (non-hydrogen) atoms. The lowest BCUT2D eigenvalue weighted by Crippen LogP contribution is -2.27. The van der Waals surface area contributed by atoms with E-state index in [1.54, 1.807) is 0 Å². The average molecular weight is 485 g/mol. The van der Waals surface area contributed by atoms with Crippen molar-refractivity contribution in [3.05, 3.63) is 46.6 Å². The monoisotopic (exact) mass is 484 g/mol. The molecule has 1 amide bonds. The van der Waals surface area contributed by atoms with Gasteiger partial charge in [0, 0.05) is 37.6 Å². The van der Waals surface area contributed by atoms with E-state index in [9.17, 15) is 31.0 Å². The highest BCUT2D eigenvalue weighted by Crippen LogP contribution is 2.39. The zero-order valence-electron chi connectivity index (χ0n) is 16.3. The predicted molar refractivity (Wildman–Crippen MR) is 108 cm³/mol. The second kappa shape index (κ2) is 9.45. The zero-order valence-corrected chi connectivity index (χ0v) is 17.8. The molecule has 1 heterocycles. The lowest BCUT2D eigenvalue weighted by Gasteiger charge is -2.25. The summed E-state index contributed by atoms with van der Waals surface area (Å²) in [5.41, 5.74) is -1.60.